The number of aromatic nitrogens is 1. The molecular weight excluding hydrogens is 384 g/mol. The summed E-state index contributed by atoms with van der Waals surface area (Å²) in [7, 11) is 0. The molecule has 2 aromatic heterocycles. The molecule has 31 heavy (non-hydrogen) atoms. The van der Waals surface area contributed by atoms with E-state index in [1.807, 2.05) is 12.3 Å². The maximum Gasteiger partial charge on any atom is 0.227 e. The van der Waals surface area contributed by atoms with Gasteiger partial charge >= 0.3 is 0 Å². The summed E-state index contributed by atoms with van der Waals surface area (Å²) in [6, 6.07) is 17.1. The second kappa shape index (κ2) is 5.64. The number of aryl methyl sites for hydroxylation is 1. The predicted molar refractivity (Wildman–Crippen MR) is 125 cm³/mol. The number of pyridine rings is 1. The van der Waals surface area contributed by atoms with E-state index in [1.165, 1.54) is 5.69 Å². The lowest BCUT2D eigenvalue weighted by molar-refractivity contribution is 0.547. The number of benzene rings is 2. The minimum absolute atomic E-state index is 0.0914. The Labute approximate surface area is 179 Å². The van der Waals surface area contributed by atoms with Crippen LogP contribution in [0, 0.1) is 6.92 Å². The molecule has 2 aromatic carbocycles. The maximum atomic E-state index is 5.99. The topological polar surface area (TPSA) is 44.9 Å². The molecular formula is C26H20N4O. The van der Waals surface area contributed by atoms with Crippen molar-refractivity contribution < 1.29 is 4.42 Å². The maximum absolute atomic E-state index is 5.99. The summed E-state index contributed by atoms with van der Waals surface area (Å²) in [5.41, 5.74) is 5.83. The van der Waals surface area contributed by atoms with Gasteiger partial charge in [-0.1, -0.05) is 36.4 Å². The van der Waals surface area contributed by atoms with E-state index in [9.17, 15) is 0 Å². The highest BCUT2D eigenvalue weighted by atomic mass is 16.3. The van der Waals surface area contributed by atoms with E-state index in [-0.39, 0.29) is 11.6 Å². The first-order valence-electron chi connectivity index (χ1n) is 10.6. The Hall–Kier alpha value is -3.86. The standard InChI is InChI=1S/C26H20N4O/c1-16-13-19-18-14-17(10-11-22(18)31-24(19)27-15-16)29-20-7-3-4-8-21(20)30-25(29)28-23-9-5-6-12-26(23,30)2/h3-15,23H,1-2H3. The number of hydrogen-bond donors (Lipinski definition) is 0. The van der Waals surface area contributed by atoms with Gasteiger partial charge in [0.15, 0.2) is 0 Å². The molecule has 1 aliphatic carbocycles. The number of anilines is 3. The smallest absolute Gasteiger partial charge is 0.227 e. The fraction of sp³-hybridized carbons (Fsp3) is 0.154. The molecule has 0 saturated heterocycles. The summed E-state index contributed by atoms with van der Waals surface area (Å²) in [4.78, 5) is 14.3. The van der Waals surface area contributed by atoms with Crippen LogP contribution in [0.15, 0.2) is 88.4 Å². The van der Waals surface area contributed by atoms with Crippen LogP contribution >= 0.6 is 0 Å². The molecule has 5 nitrogen and oxygen atoms in total. The minimum atomic E-state index is -0.206. The number of para-hydroxylation sites is 2. The van der Waals surface area contributed by atoms with E-state index in [1.54, 1.807) is 0 Å². The Morgan fingerprint density at radius 2 is 1.87 bits per heavy atom. The van der Waals surface area contributed by atoms with Crippen molar-refractivity contribution in [2.24, 2.45) is 4.99 Å². The number of guanidine groups is 1. The Morgan fingerprint density at radius 1 is 1.00 bits per heavy atom. The van der Waals surface area contributed by atoms with Crippen LogP contribution in [0.2, 0.25) is 0 Å². The minimum Gasteiger partial charge on any atom is -0.438 e. The van der Waals surface area contributed by atoms with Gasteiger partial charge in [0.1, 0.15) is 5.58 Å². The average molecular weight is 404 g/mol. The summed E-state index contributed by atoms with van der Waals surface area (Å²) in [5.74, 6) is 0.964. The van der Waals surface area contributed by atoms with Gasteiger partial charge in [0.2, 0.25) is 11.7 Å². The van der Waals surface area contributed by atoms with Crippen molar-refractivity contribution in [3.8, 4) is 0 Å². The first-order chi connectivity index (χ1) is 15.1. The molecule has 0 N–H and O–H groups in total. The lowest BCUT2D eigenvalue weighted by Gasteiger charge is -2.35. The van der Waals surface area contributed by atoms with Gasteiger partial charge in [-0.25, -0.2) is 9.98 Å². The van der Waals surface area contributed by atoms with Crippen molar-refractivity contribution in [2.45, 2.75) is 25.4 Å². The fourth-order valence-electron chi connectivity index (χ4n) is 5.11. The van der Waals surface area contributed by atoms with Crippen LogP contribution in [0.1, 0.15) is 12.5 Å². The second-order valence-electron chi connectivity index (χ2n) is 8.65. The normalized spacial score (nSPS) is 23.4. The van der Waals surface area contributed by atoms with Crippen molar-refractivity contribution in [2.75, 3.05) is 9.80 Å². The lowest BCUT2D eigenvalue weighted by Crippen LogP contribution is -2.50. The molecule has 2 atom stereocenters. The summed E-state index contributed by atoms with van der Waals surface area (Å²) >= 11 is 0. The Kier molecular flexibility index (Phi) is 3.07. The highest BCUT2D eigenvalue weighted by Crippen LogP contribution is 2.50. The predicted octanol–water partition coefficient (Wildman–Crippen LogP) is 5.87. The largest absolute Gasteiger partial charge is 0.438 e. The zero-order valence-electron chi connectivity index (χ0n) is 17.3. The van der Waals surface area contributed by atoms with Gasteiger partial charge in [0, 0.05) is 17.0 Å². The van der Waals surface area contributed by atoms with Crippen molar-refractivity contribution in [1.82, 2.24) is 4.98 Å². The highest BCUT2D eigenvalue weighted by molar-refractivity contribution is 6.23. The van der Waals surface area contributed by atoms with Crippen molar-refractivity contribution in [3.05, 3.63) is 84.6 Å². The Bertz CT molecular complexity index is 1490. The van der Waals surface area contributed by atoms with Gasteiger partial charge < -0.3 is 4.42 Å². The summed E-state index contributed by atoms with van der Waals surface area (Å²) in [5, 5.41) is 2.11. The number of aliphatic imine (C=N–C) groups is 1. The van der Waals surface area contributed by atoms with Crippen LogP contribution in [0.4, 0.5) is 17.1 Å². The monoisotopic (exact) mass is 404 g/mol. The highest BCUT2D eigenvalue weighted by Gasteiger charge is 2.51. The number of allylic oxidation sites excluding steroid dienone is 2. The average Bonchev–Trinajstić information content (AvgIpc) is 3.40. The van der Waals surface area contributed by atoms with Crippen molar-refractivity contribution in [3.63, 3.8) is 0 Å². The first kappa shape index (κ1) is 16.9. The van der Waals surface area contributed by atoms with Crippen LogP contribution in [0.3, 0.4) is 0 Å². The van der Waals surface area contributed by atoms with Crippen LogP contribution < -0.4 is 9.80 Å². The van der Waals surface area contributed by atoms with E-state index in [2.05, 4.69) is 95.4 Å². The molecule has 2 unspecified atom stereocenters. The Balaban J connectivity index is 1.47. The number of rotatable bonds is 1. The van der Waals surface area contributed by atoms with E-state index in [0.29, 0.717) is 5.71 Å². The third-order valence-electron chi connectivity index (χ3n) is 6.64. The zero-order chi connectivity index (χ0) is 20.7. The molecule has 0 radical (unpaired) electrons. The third-order valence-corrected chi connectivity index (χ3v) is 6.64. The molecule has 0 spiro atoms. The second-order valence-corrected chi connectivity index (χ2v) is 8.65. The molecule has 4 heterocycles. The van der Waals surface area contributed by atoms with Crippen LogP contribution in [0.5, 0.6) is 0 Å². The SMILES string of the molecule is Cc1cnc2oc3ccc(N4C5=NC6C=CC=CC6(C)N5c5ccccc54)cc3c2c1. The molecule has 7 rings (SSSR count). The summed E-state index contributed by atoms with van der Waals surface area (Å²) < 4.78 is 5.99. The number of hydrogen-bond acceptors (Lipinski definition) is 5. The number of furan rings is 1. The molecule has 0 saturated carbocycles. The third kappa shape index (κ3) is 2.10. The quantitative estimate of drug-likeness (QED) is 0.398. The fourth-order valence-corrected chi connectivity index (χ4v) is 5.11. The number of fused-ring (bicyclic) bond motifs is 8. The summed E-state index contributed by atoms with van der Waals surface area (Å²) in [6.45, 7) is 4.32. The molecule has 0 bridgehead atoms. The van der Waals surface area contributed by atoms with Gasteiger partial charge in [-0.15, -0.1) is 0 Å². The molecule has 150 valence electrons. The van der Waals surface area contributed by atoms with Crippen molar-refractivity contribution in [1.29, 1.82) is 0 Å². The van der Waals surface area contributed by atoms with E-state index in [4.69, 9.17) is 9.41 Å². The van der Waals surface area contributed by atoms with Crippen LogP contribution in [0.25, 0.3) is 22.1 Å². The van der Waals surface area contributed by atoms with E-state index < -0.39 is 0 Å². The molecule has 3 aliphatic rings. The van der Waals surface area contributed by atoms with Crippen LogP contribution in [-0.4, -0.2) is 22.5 Å². The van der Waals surface area contributed by atoms with Gasteiger partial charge in [-0.2, -0.15) is 0 Å². The molecule has 5 heteroatoms. The summed E-state index contributed by atoms with van der Waals surface area (Å²) in [6.07, 6.45) is 10.5. The molecule has 0 fully saturated rings. The van der Waals surface area contributed by atoms with Crippen molar-refractivity contribution >= 4 is 45.1 Å². The number of nitrogens with zero attached hydrogens (tertiary/aromatic N) is 4. The first-order valence-corrected chi connectivity index (χ1v) is 10.6. The van der Waals surface area contributed by atoms with Gasteiger partial charge in [0.05, 0.1) is 28.6 Å². The van der Waals surface area contributed by atoms with E-state index in [0.717, 1.165) is 39.3 Å². The molecule has 0 amide bonds. The van der Waals surface area contributed by atoms with Gasteiger partial charge in [-0.05, 0) is 55.8 Å². The Morgan fingerprint density at radius 3 is 2.77 bits per heavy atom. The van der Waals surface area contributed by atoms with Gasteiger partial charge in [0.25, 0.3) is 0 Å². The van der Waals surface area contributed by atoms with Gasteiger partial charge in [-0.3, -0.25) is 9.80 Å². The zero-order valence-corrected chi connectivity index (χ0v) is 17.3. The molecule has 4 aromatic rings. The van der Waals surface area contributed by atoms with Crippen LogP contribution in [-0.2, 0) is 0 Å². The lowest BCUT2D eigenvalue weighted by atomic mass is 9.88. The molecule has 2 aliphatic heterocycles. The van der Waals surface area contributed by atoms with E-state index >= 15 is 0 Å².